The number of fused-ring (bicyclic) bond motifs is 1. The topological polar surface area (TPSA) is 60.0 Å². The summed E-state index contributed by atoms with van der Waals surface area (Å²) in [6.45, 7) is 0.823. The van der Waals surface area contributed by atoms with E-state index in [1.165, 1.54) is 5.56 Å². The van der Waals surface area contributed by atoms with Crippen LogP contribution >= 0.6 is 0 Å². The SMILES string of the molecule is COc1ccc(O)c(C2NCCc3cc(OC)c(OC)cc32)c1. The molecule has 0 spiro atoms. The highest BCUT2D eigenvalue weighted by Crippen LogP contribution is 2.40. The summed E-state index contributed by atoms with van der Waals surface area (Å²) in [7, 11) is 4.88. The van der Waals surface area contributed by atoms with Crippen LogP contribution in [0, 0.1) is 0 Å². The molecule has 1 atom stereocenters. The van der Waals surface area contributed by atoms with Crippen LogP contribution in [0.2, 0.25) is 0 Å². The van der Waals surface area contributed by atoms with Crippen LogP contribution in [0.5, 0.6) is 23.0 Å². The number of nitrogens with one attached hydrogen (secondary N) is 1. The zero-order chi connectivity index (χ0) is 16.4. The predicted molar refractivity (Wildman–Crippen MR) is 87.8 cm³/mol. The molecule has 0 saturated heterocycles. The van der Waals surface area contributed by atoms with Crippen LogP contribution in [-0.2, 0) is 6.42 Å². The maximum atomic E-state index is 10.3. The second-order valence-corrected chi connectivity index (χ2v) is 5.47. The van der Waals surface area contributed by atoms with E-state index >= 15 is 0 Å². The molecule has 5 nitrogen and oxygen atoms in total. The van der Waals surface area contributed by atoms with E-state index in [1.807, 2.05) is 18.2 Å². The van der Waals surface area contributed by atoms with Crippen molar-refractivity contribution in [2.75, 3.05) is 27.9 Å². The molecule has 1 aliphatic rings. The molecule has 23 heavy (non-hydrogen) atoms. The summed E-state index contributed by atoms with van der Waals surface area (Å²) < 4.78 is 16.1. The molecule has 0 amide bonds. The largest absolute Gasteiger partial charge is 0.508 e. The first-order valence-electron chi connectivity index (χ1n) is 7.53. The lowest BCUT2D eigenvalue weighted by atomic mass is 9.89. The molecule has 1 aliphatic heterocycles. The van der Waals surface area contributed by atoms with Gasteiger partial charge in [0.2, 0.25) is 0 Å². The van der Waals surface area contributed by atoms with Gasteiger partial charge in [-0.3, -0.25) is 0 Å². The smallest absolute Gasteiger partial charge is 0.161 e. The number of hydrogen-bond acceptors (Lipinski definition) is 5. The fraction of sp³-hybridized carbons (Fsp3) is 0.333. The molecule has 2 aromatic carbocycles. The summed E-state index contributed by atoms with van der Waals surface area (Å²) in [5, 5.41) is 13.7. The van der Waals surface area contributed by atoms with Gasteiger partial charge in [-0.25, -0.2) is 0 Å². The monoisotopic (exact) mass is 315 g/mol. The molecule has 0 radical (unpaired) electrons. The van der Waals surface area contributed by atoms with E-state index in [-0.39, 0.29) is 11.8 Å². The number of rotatable bonds is 4. The molecule has 0 bridgehead atoms. The highest BCUT2D eigenvalue weighted by Gasteiger charge is 2.26. The van der Waals surface area contributed by atoms with Crippen molar-refractivity contribution in [3.63, 3.8) is 0 Å². The Morgan fingerprint density at radius 2 is 1.70 bits per heavy atom. The average molecular weight is 315 g/mol. The van der Waals surface area contributed by atoms with Crippen molar-refractivity contribution in [2.45, 2.75) is 12.5 Å². The van der Waals surface area contributed by atoms with Gasteiger partial charge in [0.1, 0.15) is 11.5 Å². The number of benzene rings is 2. The normalized spacial score (nSPS) is 16.6. The van der Waals surface area contributed by atoms with E-state index < -0.39 is 0 Å². The van der Waals surface area contributed by atoms with E-state index in [2.05, 4.69) is 5.32 Å². The minimum absolute atomic E-state index is 0.117. The van der Waals surface area contributed by atoms with Gasteiger partial charge in [0.05, 0.1) is 27.4 Å². The Morgan fingerprint density at radius 3 is 2.39 bits per heavy atom. The van der Waals surface area contributed by atoms with Gasteiger partial charge in [-0.1, -0.05) is 0 Å². The Bertz CT molecular complexity index is 714. The number of hydrogen-bond donors (Lipinski definition) is 2. The van der Waals surface area contributed by atoms with Gasteiger partial charge >= 0.3 is 0 Å². The van der Waals surface area contributed by atoms with Crippen molar-refractivity contribution in [3.8, 4) is 23.0 Å². The quantitative estimate of drug-likeness (QED) is 0.908. The zero-order valence-electron chi connectivity index (χ0n) is 13.6. The van der Waals surface area contributed by atoms with Gasteiger partial charge in [0.15, 0.2) is 11.5 Å². The molecule has 1 heterocycles. The van der Waals surface area contributed by atoms with Crippen molar-refractivity contribution in [2.24, 2.45) is 0 Å². The Morgan fingerprint density at radius 1 is 0.957 bits per heavy atom. The van der Waals surface area contributed by atoms with Crippen LogP contribution in [0.3, 0.4) is 0 Å². The van der Waals surface area contributed by atoms with Gasteiger partial charge < -0.3 is 24.6 Å². The van der Waals surface area contributed by atoms with Gasteiger partial charge in [-0.05, 0) is 47.9 Å². The summed E-state index contributed by atoms with van der Waals surface area (Å²) in [6, 6.07) is 9.14. The van der Waals surface area contributed by atoms with E-state index in [0.29, 0.717) is 11.5 Å². The molecule has 0 aromatic heterocycles. The number of phenolic OH excluding ortho intramolecular Hbond substituents is 1. The Hall–Kier alpha value is -2.40. The van der Waals surface area contributed by atoms with Crippen molar-refractivity contribution >= 4 is 0 Å². The maximum absolute atomic E-state index is 10.3. The second kappa shape index (κ2) is 6.38. The predicted octanol–water partition coefficient (Wildman–Crippen LogP) is 2.65. The zero-order valence-corrected chi connectivity index (χ0v) is 13.6. The number of ether oxygens (including phenoxy) is 3. The third-order valence-corrected chi connectivity index (χ3v) is 4.24. The first-order chi connectivity index (χ1) is 11.2. The summed E-state index contributed by atoms with van der Waals surface area (Å²) in [5.74, 6) is 2.36. The van der Waals surface area contributed by atoms with Crippen LogP contribution in [-0.4, -0.2) is 33.0 Å². The Balaban J connectivity index is 2.11. The van der Waals surface area contributed by atoms with Crippen LogP contribution in [0.1, 0.15) is 22.7 Å². The molecule has 3 rings (SSSR count). The lowest BCUT2D eigenvalue weighted by Gasteiger charge is -2.29. The van der Waals surface area contributed by atoms with Crippen LogP contribution < -0.4 is 19.5 Å². The Labute approximate surface area is 135 Å². The van der Waals surface area contributed by atoms with E-state index in [0.717, 1.165) is 29.8 Å². The number of phenols is 1. The molecular weight excluding hydrogens is 294 g/mol. The maximum Gasteiger partial charge on any atom is 0.161 e. The molecule has 0 aliphatic carbocycles. The third-order valence-electron chi connectivity index (χ3n) is 4.24. The van der Waals surface area contributed by atoms with Crippen LogP contribution in [0.15, 0.2) is 30.3 Å². The molecule has 2 aromatic rings. The number of methoxy groups -OCH3 is 3. The highest BCUT2D eigenvalue weighted by molar-refractivity contribution is 5.54. The van der Waals surface area contributed by atoms with Gasteiger partial charge in [0.25, 0.3) is 0 Å². The number of aromatic hydroxyl groups is 1. The van der Waals surface area contributed by atoms with E-state index in [4.69, 9.17) is 14.2 Å². The highest BCUT2D eigenvalue weighted by atomic mass is 16.5. The van der Waals surface area contributed by atoms with Gasteiger partial charge in [-0.15, -0.1) is 0 Å². The first kappa shape index (κ1) is 15.5. The van der Waals surface area contributed by atoms with Crippen molar-refractivity contribution in [1.82, 2.24) is 5.32 Å². The summed E-state index contributed by atoms with van der Waals surface area (Å²) in [6.07, 6.45) is 0.900. The minimum Gasteiger partial charge on any atom is -0.508 e. The molecule has 122 valence electrons. The Kier molecular flexibility index (Phi) is 4.30. The van der Waals surface area contributed by atoms with Crippen molar-refractivity contribution < 1.29 is 19.3 Å². The van der Waals surface area contributed by atoms with E-state index in [1.54, 1.807) is 33.5 Å². The summed E-state index contributed by atoms with van der Waals surface area (Å²) in [5.41, 5.74) is 3.06. The lowest BCUT2D eigenvalue weighted by Crippen LogP contribution is -2.30. The molecule has 5 heteroatoms. The third kappa shape index (κ3) is 2.80. The fourth-order valence-corrected chi connectivity index (χ4v) is 3.05. The molecule has 0 saturated carbocycles. The summed E-state index contributed by atoms with van der Waals surface area (Å²) in [4.78, 5) is 0. The van der Waals surface area contributed by atoms with Gasteiger partial charge in [-0.2, -0.15) is 0 Å². The van der Waals surface area contributed by atoms with Crippen molar-refractivity contribution in [1.29, 1.82) is 0 Å². The standard InChI is InChI=1S/C18H21NO4/c1-21-12-4-5-15(20)14(9-12)18-13-10-17(23-3)16(22-2)8-11(13)6-7-19-18/h4-5,8-10,18-20H,6-7H2,1-3H3. The lowest BCUT2D eigenvalue weighted by molar-refractivity contribution is 0.352. The molecule has 1 unspecified atom stereocenters. The second-order valence-electron chi connectivity index (χ2n) is 5.47. The average Bonchev–Trinajstić information content (AvgIpc) is 2.60. The minimum atomic E-state index is -0.117. The van der Waals surface area contributed by atoms with Gasteiger partial charge in [0, 0.05) is 12.1 Å². The molecule has 2 N–H and O–H groups in total. The summed E-state index contributed by atoms with van der Waals surface area (Å²) >= 11 is 0. The van der Waals surface area contributed by atoms with Crippen LogP contribution in [0.4, 0.5) is 0 Å². The van der Waals surface area contributed by atoms with Crippen molar-refractivity contribution in [3.05, 3.63) is 47.0 Å². The fourth-order valence-electron chi connectivity index (χ4n) is 3.05. The molecular formula is C18H21NO4. The first-order valence-corrected chi connectivity index (χ1v) is 7.53. The van der Waals surface area contributed by atoms with E-state index in [9.17, 15) is 5.11 Å². The van der Waals surface area contributed by atoms with Crippen LogP contribution in [0.25, 0.3) is 0 Å². The molecule has 0 fully saturated rings.